The summed E-state index contributed by atoms with van der Waals surface area (Å²) in [5, 5.41) is 6.63. The minimum atomic E-state index is 0.0304. The maximum absolute atomic E-state index is 12.1. The highest BCUT2D eigenvalue weighted by atomic mass is 32.1. The number of piperazine rings is 1. The van der Waals surface area contributed by atoms with E-state index in [1.807, 2.05) is 16.8 Å². The second kappa shape index (κ2) is 7.08. The van der Waals surface area contributed by atoms with Crippen LogP contribution in [-0.2, 0) is 4.79 Å². The molecule has 0 saturated carbocycles. The zero-order valence-corrected chi connectivity index (χ0v) is 12.0. The Morgan fingerprint density at radius 2 is 2.00 bits per heavy atom. The fourth-order valence-corrected chi connectivity index (χ4v) is 2.71. The van der Waals surface area contributed by atoms with E-state index in [2.05, 4.69) is 11.2 Å². The molecule has 0 aliphatic carbocycles. The molecule has 1 aromatic rings. The first-order chi connectivity index (χ1) is 9.72. The van der Waals surface area contributed by atoms with Crippen LogP contribution >= 0.6 is 11.3 Å². The van der Waals surface area contributed by atoms with Crippen LogP contribution in [0.2, 0.25) is 0 Å². The lowest BCUT2D eigenvalue weighted by Crippen LogP contribution is -2.52. The predicted molar refractivity (Wildman–Crippen MR) is 78.5 cm³/mol. The number of rotatable bonds is 4. The van der Waals surface area contributed by atoms with Gasteiger partial charge in [0.25, 0.3) is 5.91 Å². The SMILES string of the molecule is C#CCNCC(=O)N1CCN(C(=O)c2ccsc2)CC1. The third-order valence-electron chi connectivity index (χ3n) is 3.19. The highest BCUT2D eigenvalue weighted by Crippen LogP contribution is 2.11. The van der Waals surface area contributed by atoms with Gasteiger partial charge in [-0.15, -0.1) is 6.42 Å². The summed E-state index contributed by atoms with van der Waals surface area (Å²) in [6, 6.07) is 1.83. The first kappa shape index (κ1) is 14.6. The normalized spacial score (nSPS) is 14.9. The zero-order valence-electron chi connectivity index (χ0n) is 11.2. The second-order valence-corrected chi connectivity index (χ2v) is 5.27. The summed E-state index contributed by atoms with van der Waals surface area (Å²) >= 11 is 1.51. The molecule has 0 atom stereocenters. The quantitative estimate of drug-likeness (QED) is 0.639. The van der Waals surface area contributed by atoms with E-state index in [0.717, 1.165) is 5.56 Å². The van der Waals surface area contributed by atoms with Gasteiger partial charge in [-0.1, -0.05) is 5.92 Å². The third-order valence-corrected chi connectivity index (χ3v) is 3.87. The molecule has 1 fully saturated rings. The number of nitrogens with zero attached hydrogens (tertiary/aromatic N) is 2. The van der Waals surface area contributed by atoms with Gasteiger partial charge in [0.05, 0.1) is 18.7 Å². The minimum Gasteiger partial charge on any atom is -0.338 e. The van der Waals surface area contributed by atoms with Crippen molar-refractivity contribution in [3.8, 4) is 12.3 Å². The van der Waals surface area contributed by atoms with Crippen molar-refractivity contribution in [1.29, 1.82) is 0 Å². The molecule has 6 heteroatoms. The summed E-state index contributed by atoms with van der Waals surface area (Å²) in [6.45, 7) is 2.95. The molecule has 1 aliphatic heterocycles. The molecule has 0 radical (unpaired) electrons. The average molecular weight is 291 g/mol. The Balaban J connectivity index is 1.79. The molecule has 2 rings (SSSR count). The van der Waals surface area contributed by atoms with Gasteiger partial charge in [-0.2, -0.15) is 11.3 Å². The van der Waals surface area contributed by atoms with Gasteiger partial charge in [-0.3, -0.25) is 14.9 Å². The Morgan fingerprint density at radius 3 is 2.60 bits per heavy atom. The molecule has 0 bridgehead atoms. The van der Waals surface area contributed by atoms with E-state index in [-0.39, 0.29) is 18.4 Å². The van der Waals surface area contributed by atoms with E-state index >= 15 is 0 Å². The lowest BCUT2D eigenvalue weighted by Gasteiger charge is -2.34. The summed E-state index contributed by atoms with van der Waals surface area (Å²) in [6.07, 6.45) is 5.11. The topological polar surface area (TPSA) is 52.7 Å². The molecule has 0 spiro atoms. The largest absolute Gasteiger partial charge is 0.338 e. The van der Waals surface area contributed by atoms with E-state index in [9.17, 15) is 9.59 Å². The van der Waals surface area contributed by atoms with E-state index in [4.69, 9.17) is 6.42 Å². The molecule has 5 nitrogen and oxygen atoms in total. The number of carbonyl (C=O) groups is 2. The van der Waals surface area contributed by atoms with Gasteiger partial charge in [0.1, 0.15) is 0 Å². The fraction of sp³-hybridized carbons (Fsp3) is 0.429. The minimum absolute atomic E-state index is 0.0304. The molecular formula is C14H17N3O2S. The van der Waals surface area contributed by atoms with Crippen LogP contribution in [0.1, 0.15) is 10.4 Å². The molecule has 2 amide bonds. The summed E-state index contributed by atoms with van der Waals surface area (Å²) in [5.74, 6) is 2.51. The zero-order chi connectivity index (χ0) is 14.4. The molecule has 1 N–H and O–H groups in total. The maximum atomic E-state index is 12.1. The lowest BCUT2D eigenvalue weighted by molar-refractivity contribution is -0.131. The monoisotopic (exact) mass is 291 g/mol. The second-order valence-electron chi connectivity index (χ2n) is 4.49. The average Bonchev–Trinajstić information content (AvgIpc) is 3.01. The molecule has 0 unspecified atom stereocenters. The summed E-state index contributed by atoms with van der Waals surface area (Å²) in [7, 11) is 0. The first-order valence-electron chi connectivity index (χ1n) is 6.46. The molecule has 106 valence electrons. The lowest BCUT2D eigenvalue weighted by atomic mass is 10.2. The molecule has 1 aliphatic rings. The van der Waals surface area contributed by atoms with Crippen LogP contribution in [0.3, 0.4) is 0 Å². The van der Waals surface area contributed by atoms with Crippen molar-refractivity contribution in [3.05, 3.63) is 22.4 Å². The van der Waals surface area contributed by atoms with Gasteiger partial charge in [-0.05, 0) is 11.4 Å². The molecule has 1 saturated heterocycles. The van der Waals surface area contributed by atoms with Crippen LogP contribution in [0.25, 0.3) is 0 Å². The Bertz CT molecular complexity index is 499. The summed E-state index contributed by atoms with van der Waals surface area (Å²) in [4.78, 5) is 27.6. The highest BCUT2D eigenvalue weighted by Gasteiger charge is 2.24. The number of amides is 2. The van der Waals surface area contributed by atoms with Gasteiger partial charge >= 0.3 is 0 Å². The molecule has 20 heavy (non-hydrogen) atoms. The number of nitrogens with one attached hydrogen (secondary N) is 1. The van der Waals surface area contributed by atoms with Crippen LogP contribution in [0.4, 0.5) is 0 Å². The number of carbonyl (C=O) groups excluding carboxylic acids is 2. The van der Waals surface area contributed by atoms with Gasteiger partial charge < -0.3 is 9.80 Å². The van der Waals surface area contributed by atoms with Crippen LogP contribution in [0.15, 0.2) is 16.8 Å². The van der Waals surface area contributed by atoms with Crippen molar-refractivity contribution < 1.29 is 9.59 Å². The van der Waals surface area contributed by atoms with E-state index in [0.29, 0.717) is 32.7 Å². The third kappa shape index (κ3) is 3.59. The van der Waals surface area contributed by atoms with Gasteiger partial charge in [0.15, 0.2) is 0 Å². The van der Waals surface area contributed by atoms with Gasteiger partial charge in [0.2, 0.25) is 5.91 Å². The fourth-order valence-electron chi connectivity index (χ4n) is 2.08. The van der Waals surface area contributed by atoms with E-state index in [1.54, 1.807) is 9.80 Å². The van der Waals surface area contributed by atoms with Crippen molar-refractivity contribution in [2.45, 2.75) is 0 Å². The number of hydrogen-bond acceptors (Lipinski definition) is 4. The molecular weight excluding hydrogens is 274 g/mol. The molecule has 1 aromatic heterocycles. The number of terminal acetylenes is 1. The predicted octanol–water partition coefficient (Wildman–Crippen LogP) is 0.255. The smallest absolute Gasteiger partial charge is 0.254 e. The van der Waals surface area contributed by atoms with Gasteiger partial charge in [0, 0.05) is 31.6 Å². The van der Waals surface area contributed by atoms with Crippen molar-refractivity contribution >= 4 is 23.2 Å². The number of thiophene rings is 1. The van der Waals surface area contributed by atoms with Crippen LogP contribution in [0.5, 0.6) is 0 Å². The van der Waals surface area contributed by atoms with E-state index < -0.39 is 0 Å². The summed E-state index contributed by atoms with van der Waals surface area (Å²) in [5.41, 5.74) is 0.727. The van der Waals surface area contributed by atoms with Crippen molar-refractivity contribution in [2.75, 3.05) is 39.3 Å². The molecule has 0 aromatic carbocycles. The van der Waals surface area contributed by atoms with Crippen LogP contribution in [-0.4, -0.2) is 60.9 Å². The first-order valence-corrected chi connectivity index (χ1v) is 7.40. The number of hydrogen-bond donors (Lipinski definition) is 1. The Labute approximate surface area is 122 Å². The Morgan fingerprint density at radius 1 is 1.30 bits per heavy atom. The van der Waals surface area contributed by atoms with Crippen molar-refractivity contribution in [3.63, 3.8) is 0 Å². The highest BCUT2D eigenvalue weighted by molar-refractivity contribution is 7.08. The van der Waals surface area contributed by atoms with Crippen LogP contribution < -0.4 is 5.32 Å². The van der Waals surface area contributed by atoms with Gasteiger partial charge in [-0.25, -0.2) is 0 Å². The summed E-state index contributed by atoms with van der Waals surface area (Å²) < 4.78 is 0. The van der Waals surface area contributed by atoms with Crippen molar-refractivity contribution in [1.82, 2.24) is 15.1 Å². The standard InChI is InChI=1S/C14H17N3O2S/c1-2-4-15-10-13(18)16-5-7-17(8-6-16)14(19)12-3-9-20-11-12/h1,3,9,11,15H,4-8,10H2. The Hall–Kier alpha value is -1.84. The van der Waals surface area contributed by atoms with Crippen molar-refractivity contribution in [2.24, 2.45) is 0 Å². The molecule has 2 heterocycles. The van der Waals surface area contributed by atoms with E-state index in [1.165, 1.54) is 11.3 Å². The maximum Gasteiger partial charge on any atom is 0.254 e. The van der Waals surface area contributed by atoms with Crippen LogP contribution in [0, 0.1) is 12.3 Å². The Kier molecular flexibility index (Phi) is 5.16.